The Hall–Kier alpha value is -1.55. The second-order valence-electron chi connectivity index (χ2n) is 6.84. The number of piperazine rings is 1. The van der Waals surface area contributed by atoms with Crippen LogP contribution >= 0.6 is 0 Å². The van der Waals surface area contributed by atoms with Crippen LogP contribution in [0.25, 0.3) is 0 Å². The first-order valence-electron chi connectivity index (χ1n) is 9.33. The number of amides is 1. The molecule has 0 spiro atoms. The minimum atomic E-state index is 0.298. The minimum Gasteiger partial charge on any atom is -0.494 e. The highest BCUT2D eigenvalue weighted by Crippen LogP contribution is 2.18. The van der Waals surface area contributed by atoms with Gasteiger partial charge in [-0.1, -0.05) is 32.9 Å². The number of rotatable bonds is 8. The predicted octanol–water partition coefficient (Wildman–Crippen LogP) is 3.52. The average molecular weight is 332 g/mol. The predicted molar refractivity (Wildman–Crippen MR) is 98.6 cm³/mol. The molecule has 0 aromatic heterocycles. The SMILES string of the molecule is CCN1CCN(C(=O)CCCCOc2ccc(C(C)C)cc2)CC1. The summed E-state index contributed by atoms with van der Waals surface area (Å²) < 4.78 is 5.77. The number of carbonyl (C=O) groups excluding carboxylic acids is 1. The summed E-state index contributed by atoms with van der Waals surface area (Å²) in [6.45, 7) is 12.1. The highest BCUT2D eigenvalue weighted by molar-refractivity contribution is 5.76. The zero-order valence-corrected chi connectivity index (χ0v) is 15.5. The van der Waals surface area contributed by atoms with Gasteiger partial charge >= 0.3 is 0 Å². The maximum Gasteiger partial charge on any atom is 0.222 e. The van der Waals surface area contributed by atoms with Crippen LogP contribution in [-0.2, 0) is 4.79 Å². The molecule has 1 heterocycles. The third kappa shape index (κ3) is 5.82. The molecule has 1 aliphatic heterocycles. The van der Waals surface area contributed by atoms with Crippen molar-refractivity contribution < 1.29 is 9.53 Å². The van der Waals surface area contributed by atoms with Crippen LogP contribution in [0, 0.1) is 0 Å². The molecule has 24 heavy (non-hydrogen) atoms. The topological polar surface area (TPSA) is 32.8 Å². The molecule has 4 heteroatoms. The molecule has 0 saturated carbocycles. The number of hydrogen-bond donors (Lipinski definition) is 0. The number of nitrogens with zero attached hydrogens (tertiary/aromatic N) is 2. The fraction of sp³-hybridized carbons (Fsp3) is 0.650. The Morgan fingerprint density at radius 3 is 2.33 bits per heavy atom. The van der Waals surface area contributed by atoms with Crippen molar-refractivity contribution in [3.8, 4) is 5.75 Å². The van der Waals surface area contributed by atoms with Gasteiger partial charge in [-0.05, 0) is 43.0 Å². The molecule has 0 radical (unpaired) electrons. The van der Waals surface area contributed by atoms with Gasteiger partial charge < -0.3 is 14.5 Å². The van der Waals surface area contributed by atoms with Crippen LogP contribution in [0.15, 0.2) is 24.3 Å². The van der Waals surface area contributed by atoms with Crippen molar-refractivity contribution in [2.75, 3.05) is 39.3 Å². The third-order valence-electron chi connectivity index (χ3n) is 4.77. The van der Waals surface area contributed by atoms with E-state index in [0.29, 0.717) is 24.9 Å². The zero-order valence-electron chi connectivity index (χ0n) is 15.5. The van der Waals surface area contributed by atoms with E-state index >= 15 is 0 Å². The molecule has 2 rings (SSSR count). The Morgan fingerprint density at radius 1 is 1.08 bits per heavy atom. The quantitative estimate of drug-likeness (QED) is 0.683. The van der Waals surface area contributed by atoms with Gasteiger partial charge in [-0.15, -0.1) is 0 Å². The van der Waals surface area contributed by atoms with Gasteiger partial charge in [0.2, 0.25) is 5.91 Å². The van der Waals surface area contributed by atoms with Gasteiger partial charge in [0.05, 0.1) is 6.61 Å². The maximum atomic E-state index is 12.2. The van der Waals surface area contributed by atoms with E-state index in [4.69, 9.17) is 4.74 Å². The number of ether oxygens (including phenoxy) is 1. The first kappa shape index (κ1) is 18.8. The first-order valence-corrected chi connectivity index (χ1v) is 9.33. The Morgan fingerprint density at radius 2 is 1.75 bits per heavy atom. The number of likely N-dealkylation sites (N-methyl/N-ethyl adjacent to an activating group) is 1. The summed E-state index contributed by atoms with van der Waals surface area (Å²) in [7, 11) is 0. The Bertz CT molecular complexity index is 491. The van der Waals surface area contributed by atoms with Crippen molar-refractivity contribution in [2.45, 2.75) is 46.0 Å². The molecule has 1 aliphatic rings. The van der Waals surface area contributed by atoms with Crippen LogP contribution in [-0.4, -0.2) is 55.0 Å². The standard InChI is InChI=1S/C20H32N2O2/c1-4-21-12-14-22(15-13-21)20(23)7-5-6-16-24-19-10-8-18(9-11-19)17(2)3/h8-11,17H,4-7,12-16H2,1-3H3. The molecule has 0 aliphatic carbocycles. The number of unbranched alkanes of at least 4 members (excludes halogenated alkanes) is 1. The lowest BCUT2D eigenvalue weighted by Crippen LogP contribution is -2.48. The van der Waals surface area contributed by atoms with Crippen LogP contribution in [0.4, 0.5) is 0 Å². The third-order valence-corrected chi connectivity index (χ3v) is 4.77. The molecule has 0 unspecified atom stereocenters. The summed E-state index contributed by atoms with van der Waals surface area (Å²) >= 11 is 0. The highest BCUT2D eigenvalue weighted by Gasteiger charge is 2.19. The molecule has 1 amide bonds. The molecule has 0 atom stereocenters. The van der Waals surface area contributed by atoms with E-state index in [1.54, 1.807) is 0 Å². The zero-order chi connectivity index (χ0) is 17.4. The normalized spacial score (nSPS) is 15.8. The summed E-state index contributed by atoms with van der Waals surface area (Å²) in [6.07, 6.45) is 2.46. The van der Waals surface area contributed by atoms with Crippen molar-refractivity contribution in [1.29, 1.82) is 0 Å². The van der Waals surface area contributed by atoms with Gasteiger partial charge in [-0.2, -0.15) is 0 Å². The molecule has 1 fully saturated rings. The van der Waals surface area contributed by atoms with Crippen LogP contribution in [0.3, 0.4) is 0 Å². The van der Waals surface area contributed by atoms with Gasteiger partial charge in [0.1, 0.15) is 5.75 Å². The molecule has 1 saturated heterocycles. The Kier molecular flexibility index (Phi) is 7.57. The number of hydrogen-bond acceptors (Lipinski definition) is 3. The van der Waals surface area contributed by atoms with Crippen LogP contribution in [0.1, 0.15) is 51.5 Å². The monoisotopic (exact) mass is 332 g/mol. The molecule has 0 bridgehead atoms. The van der Waals surface area contributed by atoms with Crippen molar-refractivity contribution in [1.82, 2.24) is 9.80 Å². The smallest absolute Gasteiger partial charge is 0.222 e. The molecule has 0 N–H and O–H groups in total. The van der Waals surface area contributed by atoms with Gasteiger partial charge in [-0.3, -0.25) is 4.79 Å². The lowest BCUT2D eigenvalue weighted by atomic mass is 10.0. The van der Waals surface area contributed by atoms with E-state index in [2.05, 4.69) is 37.8 Å². The summed E-state index contributed by atoms with van der Waals surface area (Å²) in [4.78, 5) is 16.6. The maximum absolute atomic E-state index is 12.2. The van der Waals surface area contributed by atoms with Crippen molar-refractivity contribution in [2.24, 2.45) is 0 Å². The first-order chi connectivity index (χ1) is 11.6. The Balaban J connectivity index is 1.58. The van der Waals surface area contributed by atoms with E-state index in [-0.39, 0.29) is 0 Å². The molecule has 1 aromatic rings. The number of carbonyl (C=O) groups is 1. The van der Waals surface area contributed by atoms with Gasteiger partial charge in [-0.25, -0.2) is 0 Å². The molecular formula is C20H32N2O2. The van der Waals surface area contributed by atoms with E-state index in [1.807, 2.05) is 17.0 Å². The van der Waals surface area contributed by atoms with E-state index in [1.165, 1.54) is 5.56 Å². The molecule has 1 aromatic carbocycles. The van der Waals surface area contributed by atoms with Crippen LogP contribution < -0.4 is 4.74 Å². The lowest BCUT2D eigenvalue weighted by Gasteiger charge is -2.34. The largest absolute Gasteiger partial charge is 0.494 e. The van der Waals surface area contributed by atoms with Crippen LogP contribution in [0.5, 0.6) is 5.75 Å². The molecular weight excluding hydrogens is 300 g/mol. The molecule has 134 valence electrons. The van der Waals surface area contributed by atoms with Gasteiger partial charge in [0, 0.05) is 32.6 Å². The summed E-state index contributed by atoms with van der Waals surface area (Å²) in [6, 6.07) is 8.32. The lowest BCUT2D eigenvalue weighted by molar-refractivity contribution is -0.133. The van der Waals surface area contributed by atoms with Gasteiger partial charge in [0.25, 0.3) is 0 Å². The van der Waals surface area contributed by atoms with Gasteiger partial charge in [0.15, 0.2) is 0 Å². The van der Waals surface area contributed by atoms with E-state index in [9.17, 15) is 4.79 Å². The summed E-state index contributed by atoms with van der Waals surface area (Å²) in [5, 5.41) is 0. The highest BCUT2D eigenvalue weighted by atomic mass is 16.5. The minimum absolute atomic E-state index is 0.298. The van der Waals surface area contributed by atoms with Crippen molar-refractivity contribution in [3.05, 3.63) is 29.8 Å². The Labute approximate surface area is 146 Å². The van der Waals surface area contributed by atoms with Crippen LogP contribution in [0.2, 0.25) is 0 Å². The average Bonchev–Trinajstić information content (AvgIpc) is 2.61. The second-order valence-corrected chi connectivity index (χ2v) is 6.84. The summed E-state index contributed by atoms with van der Waals surface area (Å²) in [5.74, 6) is 1.76. The molecule has 4 nitrogen and oxygen atoms in total. The van der Waals surface area contributed by atoms with Crippen molar-refractivity contribution in [3.63, 3.8) is 0 Å². The van der Waals surface area contributed by atoms with E-state index < -0.39 is 0 Å². The number of benzene rings is 1. The fourth-order valence-corrected chi connectivity index (χ4v) is 2.99. The summed E-state index contributed by atoms with van der Waals surface area (Å²) in [5.41, 5.74) is 1.33. The fourth-order valence-electron chi connectivity index (χ4n) is 2.99. The second kappa shape index (κ2) is 9.67. The van der Waals surface area contributed by atoms with E-state index in [0.717, 1.165) is 51.3 Å². The van der Waals surface area contributed by atoms with Crippen molar-refractivity contribution >= 4 is 5.91 Å².